The first-order valence-electron chi connectivity index (χ1n) is 7.75. The zero-order valence-electron chi connectivity index (χ0n) is 14.5. The molecular weight excluding hydrogens is 308 g/mol. The van der Waals surface area contributed by atoms with Crippen LogP contribution in [0.3, 0.4) is 0 Å². The van der Waals surface area contributed by atoms with Crippen LogP contribution in [-0.4, -0.2) is 30.0 Å². The Balaban J connectivity index is 2.42. The van der Waals surface area contributed by atoms with Crippen molar-refractivity contribution in [3.8, 4) is 0 Å². The van der Waals surface area contributed by atoms with Gasteiger partial charge in [-0.3, -0.25) is 14.4 Å². The highest BCUT2D eigenvalue weighted by Crippen LogP contribution is 2.08. The molecule has 3 N–H and O–H groups in total. The summed E-state index contributed by atoms with van der Waals surface area (Å²) in [5.74, 6) is -1.60. The van der Waals surface area contributed by atoms with E-state index in [0.29, 0.717) is 17.9 Å². The number of carbonyl (C=O) groups is 3. The fourth-order valence-corrected chi connectivity index (χ4v) is 1.69. The van der Waals surface area contributed by atoms with Crippen molar-refractivity contribution in [2.24, 2.45) is 11.0 Å². The van der Waals surface area contributed by atoms with Gasteiger partial charge in [0.1, 0.15) is 0 Å². The SMILES string of the molecule is CC(CC(=O)Nc1ccc(C)cc1)=NNC(=O)C(=O)NCC(C)C. The lowest BCUT2D eigenvalue weighted by Gasteiger charge is -2.07. The third-order valence-corrected chi connectivity index (χ3v) is 2.98. The van der Waals surface area contributed by atoms with Gasteiger partial charge in [0.05, 0.1) is 6.42 Å². The van der Waals surface area contributed by atoms with Crippen LogP contribution in [0.1, 0.15) is 32.8 Å². The fourth-order valence-electron chi connectivity index (χ4n) is 1.69. The Bertz CT molecular complexity index is 621. The molecule has 1 aromatic rings. The molecule has 0 saturated heterocycles. The maximum Gasteiger partial charge on any atom is 0.329 e. The summed E-state index contributed by atoms with van der Waals surface area (Å²) in [6.45, 7) is 7.82. The van der Waals surface area contributed by atoms with Gasteiger partial charge >= 0.3 is 11.8 Å². The molecule has 0 atom stereocenters. The lowest BCUT2D eigenvalue weighted by atomic mass is 10.2. The van der Waals surface area contributed by atoms with Crippen LogP contribution >= 0.6 is 0 Å². The number of hydrogen-bond donors (Lipinski definition) is 3. The number of benzene rings is 1. The van der Waals surface area contributed by atoms with E-state index in [0.717, 1.165) is 5.56 Å². The van der Waals surface area contributed by atoms with E-state index in [1.807, 2.05) is 32.9 Å². The minimum Gasteiger partial charge on any atom is -0.348 e. The van der Waals surface area contributed by atoms with Gasteiger partial charge in [0, 0.05) is 17.9 Å². The van der Waals surface area contributed by atoms with Gasteiger partial charge in [-0.25, -0.2) is 5.43 Å². The molecule has 7 heteroatoms. The fraction of sp³-hybridized carbons (Fsp3) is 0.412. The third kappa shape index (κ3) is 7.53. The lowest BCUT2D eigenvalue weighted by molar-refractivity contribution is -0.139. The van der Waals surface area contributed by atoms with Crippen molar-refractivity contribution in [1.82, 2.24) is 10.7 Å². The molecule has 0 unspecified atom stereocenters. The Morgan fingerprint density at radius 1 is 1.08 bits per heavy atom. The van der Waals surface area contributed by atoms with E-state index in [1.54, 1.807) is 19.1 Å². The summed E-state index contributed by atoms with van der Waals surface area (Å²) in [4.78, 5) is 34.9. The number of hydrogen-bond acceptors (Lipinski definition) is 4. The van der Waals surface area contributed by atoms with Crippen LogP contribution in [0.15, 0.2) is 29.4 Å². The Morgan fingerprint density at radius 3 is 2.29 bits per heavy atom. The Kier molecular flexibility index (Phi) is 7.61. The molecule has 0 aliphatic heterocycles. The summed E-state index contributed by atoms with van der Waals surface area (Å²) in [5, 5.41) is 8.98. The van der Waals surface area contributed by atoms with Gasteiger partial charge in [-0.05, 0) is 31.9 Å². The molecular formula is C17H24N4O3. The number of aryl methyl sites for hydroxylation is 1. The van der Waals surface area contributed by atoms with Crippen LogP contribution in [0.5, 0.6) is 0 Å². The summed E-state index contributed by atoms with van der Waals surface area (Å²) in [7, 11) is 0. The topological polar surface area (TPSA) is 99.7 Å². The maximum atomic E-state index is 11.9. The van der Waals surface area contributed by atoms with Crippen LogP contribution in [0.25, 0.3) is 0 Å². The molecule has 0 bridgehead atoms. The number of amides is 3. The first-order chi connectivity index (χ1) is 11.3. The second-order valence-corrected chi connectivity index (χ2v) is 5.98. The van der Waals surface area contributed by atoms with Crippen molar-refractivity contribution in [3.05, 3.63) is 29.8 Å². The summed E-state index contributed by atoms with van der Waals surface area (Å²) < 4.78 is 0. The van der Waals surface area contributed by atoms with E-state index in [9.17, 15) is 14.4 Å². The van der Waals surface area contributed by atoms with E-state index in [1.165, 1.54) is 0 Å². The summed E-state index contributed by atoms with van der Waals surface area (Å²) in [6, 6.07) is 7.40. The van der Waals surface area contributed by atoms with E-state index < -0.39 is 11.8 Å². The number of rotatable bonds is 6. The zero-order valence-corrected chi connectivity index (χ0v) is 14.5. The van der Waals surface area contributed by atoms with E-state index in [4.69, 9.17) is 0 Å². The van der Waals surface area contributed by atoms with Crippen molar-refractivity contribution >= 4 is 29.1 Å². The molecule has 0 aromatic heterocycles. The third-order valence-electron chi connectivity index (χ3n) is 2.98. The Hall–Kier alpha value is -2.70. The van der Waals surface area contributed by atoms with Crippen molar-refractivity contribution in [1.29, 1.82) is 0 Å². The van der Waals surface area contributed by atoms with Crippen LogP contribution in [-0.2, 0) is 14.4 Å². The standard InChI is InChI=1S/C17H24N4O3/c1-11(2)10-18-16(23)17(24)21-20-13(4)9-15(22)19-14-7-5-12(3)6-8-14/h5-8,11H,9-10H2,1-4H3,(H,18,23)(H,19,22)(H,21,24). The van der Waals surface area contributed by atoms with Gasteiger partial charge in [0.2, 0.25) is 5.91 Å². The Morgan fingerprint density at radius 2 is 1.71 bits per heavy atom. The predicted molar refractivity (Wildman–Crippen MR) is 93.5 cm³/mol. The van der Waals surface area contributed by atoms with E-state index in [2.05, 4.69) is 21.2 Å². The average Bonchev–Trinajstić information content (AvgIpc) is 2.52. The zero-order chi connectivity index (χ0) is 18.1. The molecule has 3 amide bonds. The molecule has 130 valence electrons. The highest BCUT2D eigenvalue weighted by atomic mass is 16.2. The minimum absolute atomic E-state index is 0.0156. The summed E-state index contributed by atoms with van der Waals surface area (Å²) in [5.41, 5.74) is 4.32. The van der Waals surface area contributed by atoms with Gasteiger partial charge in [0.25, 0.3) is 0 Å². The molecule has 0 spiro atoms. The monoisotopic (exact) mass is 332 g/mol. The first kappa shape index (κ1) is 19.3. The highest BCUT2D eigenvalue weighted by Gasteiger charge is 2.13. The number of carbonyl (C=O) groups excluding carboxylic acids is 3. The van der Waals surface area contributed by atoms with Gasteiger partial charge in [-0.15, -0.1) is 0 Å². The molecule has 1 aromatic carbocycles. The average molecular weight is 332 g/mol. The highest BCUT2D eigenvalue weighted by molar-refractivity contribution is 6.35. The van der Waals surface area contributed by atoms with Gasteiger partial charge < -0.3 is 10.6 Å². The molecule has 1 rings (SSSR count). The molecule has 0 saturated carbocycles. The minimum atomic E-state index is -0.853. The number of hydrazone groups is 1. The number of anilines is 1. The van der Waals surface area contributed by atoms with Crippen LogP contribution in [0.2, 0.25) is 0 Å². The van der Waals surface area contributed by atoms with Crippen molar-refractivity contribution in [2.45, 2.75) is 34.1 Å². The normalized spacial score (nSPS) is 11.1. The van der Waals surface area contributed by atoms with Gasteiger partial charge in [0.15, 0.2) is 0 Å². The second kappa shape index (κ2) is 9.44. The van der Waals surface area contributed by atoms with Crippen LogP contribution < -0.4 is 16.1 Å². The molecule has 0 fully saturated rings. The summed E-state index contributed by atoms with van der Waals surface area (Å²) in [6.07, 6.45) is 0.0156. The maximum absolute atomic E-state index is 11.9. The lowest BCUT2D eigenvalue weighted by Crippen LogP contribution is -2.39. The quantitative estimate of drug-likeness (QED) is 0.419. The van der Waals surface area contributed by atoms with Gasteiger partial charge in [-0.2, -0.15) is 5.10 Å². The Labute approximate surface area is 141 Å². The molecule has 24 heavy (non-hydrogen) atoms. The number of nitrogens with one attached hydrogen (secondary N) is 3. The number of nitrogens with zero attached hydrogens (tertiary/aromatic N) is 1. The summed E-state index contributed by atoms with van der Waals surface area (Å²) >= 11 is 0. The molecule has 0 aliphatic carbocycles. The molecule has 0 heterocycles. The van der Waals surface area contributed by atoms with Crippen molar-refractivity contribution < 1.29 is 14.4 Å². The second-order valence-electron chi connectivity index (χ2n) is 5.98. The molecule has 7 nitrogen and oxygen atoms in total. The van der Waals surface area contributed by atoms with Crippen LogP contribution in [0.4, 0.5) is 5.69 Å². The van der Waals surface area contributed by atoms with Crippen LogP contribution in [0, 0.1) is 12.8 Å². The van der Waals surface area contributed by atoms with Crippen molar-refractivity contribution in [3.63, 3.8) is 0 Å². The molecule has 0 radical (unpaired) electrons. The van der Waals surface area contributed by atoms with Gasteiger partial charge in [-0.1, -0.05) is 31.5 Å². The predicted octanol–water partition coefficient (Wildman–Crippen LogP) is 1.59. The largest absolute Gasteiger partial charge is 0.348 e. The first-order valence-corrected chi connectivity index (χ1v) is 7.75. The van der Waals surface area contributed by atoms with E-state index >= 15 is 0 Å². The smallest absolute Gasteiger partial charge is 0.329 e. The van der Waals surface area contributed by atoms with E-state index in [-0.39, 0.29) is 18.2 Å². The van der Waals surface area contributed by atoms with Crippen molar-refractivity contribution in [2.75, 3.05) is 11.9 Å². The molecule has 0 aliphatic rings.